The first-order chi connectivity index (χ1) is 16.8. The van der Waals surface area contributed by atoms with Crippen molar-refractivity contribution in [1.82, 2.24) is 16.0 Å². The zero-order valence-electron chi connectivity index (χ0n) is 19.6. The molecule has 0 fully saturated rings. The van der Waals surface area contributed by atoms with Crippen molar-refractivity contribution >= 4 is 41.3 Å². The number of hydrogen-bond donors (Lipinski definition) is 5. The number of carboxylic acid groups (broad SMARTS) is 2. The number of aliphatic carboxylic acids is 2. The van der Waals surface area contributed by atoms with Crippen LogP contribution < -0.4 is 16.0 Å². The maximum Gasteiger partial charge on any atom is 0.394 e. The third kappa shape index (κ3) is 23.4. The SMILES string of the molecule is O=C(O)CCSCCNCCNCCOCCOCCOCCOCC(=O)C(=O)NC(=O)C(=O)O. The highest BCUT2D eigenvalue weighted by Crippen LogP contribution is 2.00. The van der Waals surface area contributed by atoms with Gasteiger partial charge < -0.3 is 39.8 Å². The average molecular weight is 526 g/mol. The molecule has 0 heterocycles. The molecule has 0 aliphatic heterocycles. The summed E-state index contributed by atoms with van der Waals surface area (Å²) in [6, 6.07) is 0. The van der Waals surface area contributed by atoms with Crippen LogP contribution in [0.5, 0.6) is 0 Å². The van der Waals surface area contributed by atoms with Crippen LogP contribution in [0.2, 0.25) is 0 Å². The molecule has 0 bridgehead atoms. The molecule has 0 rings (SSSR count). The fraction of sp³-hybridized carbons (Fsp3) is 0.750. The Morgan fingerprint density at radius 3 is 1.74 bits per heavy atom. The van der Waals surface area contributed by atoms with Crippen molar-refractivity contribution in [1.29, 1.82) is 0 Å². The third-order valence-corrected chi connectivity index (χ3v) is 4.79. The Morgan fingerprint density at radius 1 is 0.629 bits per heavy atom. The lowest BCUT2D eigenvalue weighted by molar-refractivity contribution is -0.153. The van der Waals surface area contributed by atoms with Gasteiger partial charge in [-0.3, -0.25) is 24.5 Å². The molecular weight excluding hydrogens is 490 g/mol. The van der Waals surface area contributed by atoms with Crippen LogP contribution in [0.3, 0.4) is 0 Å². The van der Waals surface area contributed by atoms with Gasteiger partial charge in [0.15, 0.2) is 0 Å². The lowest BCUT2D eigenvalue weighted by atomic mass is 10.4. The van der Waals surface area contributed by atoms with Crippen molar-refractivity contribution in [2.24, 2.45) is 0 Å². The minimum Gasteiger partial charge on any atom is -0.481 e. The maximum absolute atomic E-state index is 11.3. The number of thioether (sulfide) groups is 1. The monoisotopic (exact) mass is 525 g/mol. The van der Waals surface area contributed by atoms with Gasteiger partial charge in [-0.2, -0.15) is 11.8 Å². The van der Waals surface area contributed by atoms with E-state index in [9.17, 15) is 24.0 Å². The van der Waals surface area contributed by atoms with Crippen LogP contribution in [0.1, 0.15) is 6.42 Å². The van der Waals surface area contributed by atoms with Crippen molar-refractivity contribution in [2.45, 2.75) is 6.42 Å². The smallest absolute Gasteiger partial charge is 0.394 e. The number of ether oxygens (including phenoxy) is 4. The highest BCUT2D eigenvalue weighted by Gasteiger charge is 2.20. The molecular formula is C20H35N3O11S. The zero-order valence-corrected chi connectivity index (χ0v) is 20.4. The van der Waals surface area contributed by atoms with E-state index in [-0.39, 0.29) is 19.6 Å². The molecule has 0 unspecified atom stereocenters. The highest BCUT2D eigenvalue weighted by molar-refractivity contribution is 7.99. The lowest BCUT2D eigenvalue weighted by Gasteiger charge is -2.08. The van der Waals surface area contributed by atoms with Gasteiger partial charge in [0.2, 0.25) is 5.78 Å². The van der Waals surface area contributed by atoms with Crippen LogP contribution >= 0.6 is 11.8 Å². The summed E-state index contributed by atoms with van der Waals surface area (Å²) >= 11 is 1.62. The van der Waals surface area contributed by atoms with Gasteiger partial charge in [-0.15, -0.1) is 0 Å². The first kappa shape index (κ1) is 32.9. The number of carbonyl (C=O) groups is 5. The number of amides is 2. The first-order valence-corrected chi connectivity index (χ1v) is 12.1. The molecule has 0 aromatic rings. The summed E-state index contributed by atoms with van der Waals surface area (Å²) in [6.45, 7) is 4.87. The summed E-state index contributed by atoms with van der Waals surface area (Å²) in [5, 5.41) is 24.8. The molecule has 0 saturated carbocycles. The summed E-state index contributed by atoms with van der Waals surface area (Å²) in [5.74, 6) is -5.12. The van der Waals surface area contributed by atoms with E-state index >= 15 is 0 Å². The molecule has 2 amide bonds. The molecule has 0 aliphatic rings. The van der Waals surface area contributed by atoms with Crippen molar-refractivity contribution in [2.75, 3.05) is 90.5 Å². The minimum absolute atomic E-state index is 0.0310. The Kier molecular flexibility index (Phi) is 22.2. The van der Waals surface area contributed by atoms with Crippen LogP contribution in [0.25, 0.3) is 0 Å². The molecule has 0 aliphatic carbocycles. The van der Waals surface area contributed by atoms with Crippen LogP contribution in [-0.2, 0) is 42.9 Å². The molecule has 14 nitrogen and oxygen atoms in total. The van der Waals surface area contributed by atoms with Crippen molar-refractivity contribution < 1.29 is 53.1 Å². The van der Waals surface area contributed by atoms with Gasteiger partial charge in [-0.25, -0.2) is 4.79 Å². The largest absolute Gasteiger partial charge is 0.481 e. The number of rotatable bonds is 24. The number of ketones is 1. The molecule has 0 saturated heterocycles. The Morgan fingerprint density at radius 2 is 1.17 bits per heavy atom. The van der Waals surface area contributed by atoms with E-state index < -0.39 is 36.1 Å². The van der Waals surface area contributed by atoms with Gasteiger partial charge in [0.25, 0.3) is 5.91 Å². The van der Waals surface area contributed by atoms with Crippen LogP contribution in [0.15, 0.2) is 0 Å². The Balaban J connectivity index is 3.25. The van der Waals surface area contributed by atoms with Crippen LogP contribution in [0.4, 0.5) is 0 Å². The quantitative estimate of drug-likeness (QED) is 0.0668. The molecule has 0 radical (unpaired) electrons. The predicted octanol–water partition coefficient (Wildman–Crippen LogP) is -2.26. The lowest BCUT2D eigenvalue weighted by Crippen LogP contribution is -2.41. The topological polar surface area (TPSA) is 199 Å². The van der Waals surface area contributed by atoms with E-state index in [0.29, 0.717) is 38.8 Å². The van der Waals surface area contributed by atoms with Gasteiger partial charge in [-0.1, -0.05) is 0 Å². The van der Waals surface area contributed by atoms with E-state index in [4.69, 9.17) is 29.2 Å². The predicted molar refractivity (Wildman–Crippen MR) is 124 cm³/mol. The second-order valence-corrected chi connectivity index (χ2v) is 7.88. The van der Waals surface area contributed by atoms with Gasteiger partial charge in [0.05, 0.1) is 52.7 Å². The first-order valence-electron chi connectivity index (χ1n) is 11.0. The van der Waals surface area contributed by atoms with Gasteiger partial charge >= 0.3 is 17.8 Å². The standard InChI is InChI=1S/C20H35N3O11S/c24-16(18(27)23-19(28)20(29)30)15-34-12-11-33-10-9-32-8-7-31-6-4-21-2-3-22-5-14-35-13-1-17(25)26/h21-22H,1-15H2,(H,25,26)(H,29,30)(H,23,27,28). The Hall–Kier alpha value is -2.14. The molecule has 15 heteroatoms. The highest BCUT2D eigenvalue weighted by atomic mass is 32.2. The van der Waals surface area contributed by atoms with Crippen LogP contribution in [0, 0.1) is 0 Å². The number of carboxylic acids is 2. The van der Waals surface area contributed by atoms with Crippen molar-refractivity contribution in [3.05, 3.63) is 0 Å². The van der Waals surface area contributed by atoms with Crippen molar-refractivity contribution in [3.8, 4) is 0 Å². The number of carbonyl (C=O) groups excluding carboxylic acids is 3. The number of imide groups is 1. The number of hydrogen-bond acceptors (Lipinski definition) is 12. The van der Waals surface area contributed by atoms with E-state index in [1.807, 2.05) is 0 Å². The van der Waals surface area contributed by atoms with E-state index in [0.717, 1.165) is 31.9 Å². The molecule has 202 valence electrons. The molecule has 5 N–H and O–H groups in total. The van der Waals surface area contributed by atoms with Crippen molar-refractivity contribution in [3.63, 3.8) is 0 Å². The summed E-state index contributed by atoms with van der Waals surface area (Å²) in [6.07, 6.45) is 0.195. The molecule has 0 aromatic carbocycles. The van der Waals surface area contributed by atoms with E-state index in [1.165, 1.54) is 5.32 Å². The second-order valence-electron chi connectivity index (χ2n) is 6.66. The fourth-order valence-corrected chi connectivity index (χ4v) is 2.91. The summed E-state index contributed by atoms with van der Waals surface area (Å²) in [5.41, 5.74) is 0. The summed E-state index contributed by atoms with van der Waals surface area (Å²) in [4.78, 5) is 53.9. The molecule has 0 atom stereocenters. The van der Waals surface area contributed by atoms with Crippen LogP contribution in [-0.4, -0.2) is 130 Å². The Labute approximate surface area is 207 Å². The zero-order chi connectivity index (χ0) is 26.2. The average Bonchev–Trinajstić information content (AvgIpc) is 2.81. The third-order valence-electron chi connectivity index (χ3n) is 3.81. The Bertz CT molecular complexity index is 637. The molecule has 0 spiro atoms. The molecule has 0 aromatic heterocycles. The summed E-state index contributed by atoms with van der Waals surface area (Å²) in [7, 11) is 0. The molecule has 35 heavy (non-hydrogen) atoms. The second kappa shape index (κ2) is 23.6. The summed E-state index contributed by atoms with van der Waals surface area (Å²) < 4.78 is 20.9. The normalized spacial score (nSPS) is 10.7. The van der Waals surface area contributed by atoms with E-state index in [2.05, 4.69) is 10.6 Å². The van der Waals surface area contributed by atoms with Gasteiger partial charge in [-0.05, 0) is 0 Å². The van der Waals surface area contributed by atoms with E-state index in [1.54, 1.807) is 11.8 Å². The minimum atomic E-state index is -1.87. The fourth-order valence-electron chi connectivity index (χ4n) is 2.09. The maximum atomic E-state index is 11.3. The number of nitrogens with one attached hydrogen (secondary N) is 3. The van der Waals surface area contributed by atoms with Gasteiger partial charge in [0.1, 0.15) is 6.61 Å². The van der Waals surface area contributed by atoms with Gasteiger partial charge in [0, 0.05) is 37.7 Å². The number of Topliss-reactive ketones (excluding diaryl/α,β-unsaturated/α-hetero) is 1.